The van der Waals surface area contributed by atoms with E-state index in [9.17, 15) is 9.18 Å². The summed E-state index contributed by atoms with van der Waals surface area (Å²) >= 11 is 11.9. The molecule has 3 rings (SSSR count). The van der Waals surface area contributed by atoms with E-state index >= 15 is 0 Å². The maximum absolute atomic E-state index is 13.7. The molecule has 9 heteroatoms. The summed E-state index contributed by atoms with van der Waals surface area (Å²) in [5.41, 5.74) is 0.623. The lowest BCUT2D eigenvalue weighted by Crippen LogP contribution is -2.87. The molecular formula is C18H21Cl2FN5O+. The third kappa shape index (κ3) is 4.86. The Kier molecular flexibility index (Phi) is 6.46. The maximum Gasteiger partial charge on any atom is 0.277 e. The van der Waals surface area contributed by atoms with Crippen molar-refractivity contribution in [2.45, 2.75) is 13.0 Å². The van der Waals surface area contributed by atoms with Crippen LogP contribution in [0.15, 0.2) is 30.6 Å². The highest BCUT2D eigenvalue weighted by atomic mass is 35.5. The first-order chi connectivity index (χ1) is 13.0. The Hall–Kier alpha value is -1.96. The Balaban J connectivity index is 1.51. The van der Waals surface area contributed by atoms with E-state index in [1.165, 1.54) is 12.1 Å². The highest BCUT2D eigenvalue weighted by Crippen LogP contribution is 2.27. The summed E-state index contributed by atoms with van der Waals surface area (Å²) in [6.45, 7) is 4.78. The van der Waals surface area contributed by atoms with Gasteiger partial charge >= 0.3 is 0 Å². The molecule has 0 bridgehead atoms. The molecule has 1 saturated heterocycles. The molecule has 6 nitrogen and oxygen atoms in total. The number of carbonyl (C=O) groups excluding carboxylic acids is 1. The summed E-state index contributed by atoms with van der Waals surface area (Å²) in [5, 5.41) is 2.24. The minimum atomic E-state index is -0.512. The van der Waals surface area contributed by atoms with Gasteiger partial charge in [-0.2, -0.15) is 0 Å². The smallest absolute Gasteiger partial charge is 0.277 e. The van der Waals surface area contributed by atoms with Crippen molar-refractivity contribution < 1.29 is 14.5 Å². The number of piperazine rings is 1. The number of benzene rings is 1. The third-order valence-electron chi connectivity index (χ3n) is 4.64. The summed E-state index contributed by atoms with van der Waals surface area (Å²) < 4.78 is 13.7. The van der Waals surface area contributed by atoms with Crippen LogP contribution in [0.2, 0.25) is 10.0 Å². The van der Waals surface area contributed by atoms with Crippen LogP contribution < -0.4 is 10.2 Å². The highest BCUT2D eigenvalue weighted by Gasteiger charge is 2.24. The normalized spacial score (nSPS) is 15.7. The van der Waals surface area contributed by atoms with Gasteiger partial charge in [0, 0.05) is 44.1 Å². The summed E-state index contributed by atoms with van der Waals surface area (Å²) in [6, 6.07) is 4.34. The molecule has 0 saturated carbocycles. The molecule has 1 aliphatic rings. The Morgan fingerprint density at radius 1 is 1.19 bits per heavy atom. The predicted octanol–water partition coefficient (Wildman–Crippen LogP) is 1.90. The second-order valence-electron chi connectivity index (χ2n) is 6.43. The van der Waals surface area contributed by atoms with Crippen molar-refractivity contribution in [3.8, 4) is 0 Å². The summed E-state index contributed by atoms with van der Waals surface area (Å²) in [5.74, 6) is 0.215. The fourth-order valence-corrected chi connectivity index (χ4v) is 3.59. The predicted molar refractivity (Wildman–Crippen MR) is 102 cm³/mol. The molecule has 0 aliphatic carbocycles. The van der Waals surface area contributed by atoms with E-state index in [0.29, 0.717) is 42.7 Å². The van der Waals surface area contributed by atoms with Crippen LogP contribution in [0.5, 0.6) is 0 Å². The van der Waals surface area contributed by atoms with Crippen molar-refractivity contribution >= 4 is 35.1 Å². The first kappa shape index (κ1) is 19.8. The number of rotatable bonds is 5. The Bertz CT molecular complexity index is 800. The molecule has 0 radical (unpaired) electrons. The van der Waals surface area contributed by atoms with Crippen LogP contribution in [-0.4, -0.2) is 53.5 Å². The fraction of sp³-hybridized carbons (Fsp3) is 0.389. The zero-order chi connectivity index (χ0) is 19.4. The van der Waals surface area contributed by atoms with Crippen molar-refractivity contribution in [2.75, 3.05) is 37.6 Å². The van der Waals surface area contributed by atoms with E-state index in [1.54, 1.807) is 18.5 Å². The van der Waals surface area contributed by atoms with Gasteiger partial charge < -0.3 is 15.1 Å². The zero-order valence-corrected chi connectivity index (χ0v) is 16.4. The largest absolute Gasteiger partial charge is 0.337 e. The van der Waals surface area contributed by atoms with Crippen molar-refractivity contribution in [1.29, 1.82) is 0 Å². The van der Waals surface area contributed by atoms with Gasteiger partial charge in [0.2, 0.25) is 5.95 Å². The lowest BCUT2D eigenvalue weighted by molar-refractivity contribution is -0.683. The van der Waals surface area contributed by atoms with Crippen molar-refractivity contribution in [3.05, 3.63) is 52.0 Å². The molecule has 0 unspecified atom stereocenters. The number of amides is 1. The van der Waals surface area contributed by atoms with Crippen LogP contribution in [0.4, 0.5) is 10.3 Å². The van der Waals surface area contributed by atoms with Crippen LogP contribution in [0.3, 0.4) is 0 Å². The first-order valence-corrected chi connectivity index (χ1v) is 9.49. The minimum Gasteiger partial charge on any atom is -0.337 e. The average Bonchev–Trinajstić information content (AvgIpc) is 2.69. The number of carbonyl (C=O) groups is 1. The maximum atomic E-state index is 13.7. The molecule has 144 valence electrons. The standard InChI is InChI=1S/C18H20Cl2FN5O/c1-12(13-9-16(21)15(20)10-14(13)19)24-11-17(27)25-5-7-26(8-6-25)18-22-3-2-4-23-18/h2-4,9-10,12,24H,5-8,11H2,1H3/p+1/t12-/m1/s1. The summed E-state index contributed by atoms with van der Waals surface area (Å²) in [6.07, 6.45) is 3.42. The van der Waals surface area contributed by atoms with Gasteiger partial charge in [-0.05, 0) is 25.1 Å². The fourth-order valence-electron chi connectivity index (χ4n) is 3.03. The van der Waals surface area contributed by atoms with Crippen LogP contribution in [0.1, 0.15) is 18.5 Å². The van der Waals surface area contributed by atoms with Crippen LogP contribution in [-0.2, 0) is 4.79 Å². The number of halogens is 3. The molecule has 1 amide bonds. The van der Waals surface area contributed by atoms with E-state index in [1.807, 2.05) is 17.1 Å². The van der Waals surface area contributed by atoms with Gasteiger partial charge in [0.1, 0.15) is 11.9 Å². The van der Waals surface area contributed by atoms with Gasteiger partial charge in [-0.1, -0.05) is 23.2 Å². The molecule has 27 heavy (non-hydrogen) atoms. The Morgan fingerprint density at radius 2 is 1.85 bits per heavy atom. The molecule has 1 fully saturated rings. The SMILES string of the molecule is C[C@@H]([NH2+]CC(=O)N1CCN(c2ncccn2)CC1)c1cc(F)c(Cl)cc1Cl. The number of hydrogen-bond donors (Lipinski definition) is 1. The number of nitrogens with zero attached hydrogens (tertiary/aromatic N) is 4. The third-order valence-corrected chi connectivity index (χ3v) is 5.26. The van der Waals surface area contributed by atoms with E-state index < -0.39 is 5.82 Å². The molecule has 1 aliphatic heterocycles. The second kappa shape index (κ2) is 8.82. The van der Waals surface area contributed by atoms with Crippen LogP contribution >= 0.6 is 23.2 Å². The van der Waals surface area contributed by atoms with Gasteiger partial charge in [0.25, 0.3) is 5.91 Å². The van der Waals surface area contributed by atoms with Gasteiger partial charge in [-0.3, -0.25) is 4.79 Å². The van der Waals surface area contributed by atoms with E-state index in [-0.39, 0.29) is 23.5 Å². The number of anilines is 1. The molecule has 1 atom stereocenters. The van der Waals surface area contributed by atoms with Crippen LogP contribution in [0.25, 0.3) is 0 Å². The summed E-state index contributed by atoms with van der Waals surface area (Å²) in [4.78, 5) is 24.9. The van der Waals surface area contributed by atoms with E-state index in [4.69, 9.17) is 23.2 Å². The van der Waals surface area contributed by atoms with Gasteiger partial charge in [0.05, 0.1) is 10.0 Å². The van der Waals surface area contributed by atoms with Crippen molar-refractivity contribution in [1.82, 2.24) is 14.9 Å². The topological polar surface area (TPSA) is 65.9 Å². The Morgan fingerprint density at radius 3 is 2.52 bits per heavy atom. The molecule has 0 spiro atoms. The molecular weight excluding hydrogens is 392 g/mol. The van der Waals surface area contributed by atoms with Crippen molar-refractivity contribution in [2.24, 2.45) is 0 Å². The number of aromatic nitrogens is 2. The second-order valence-corrected chi connectivity index (χ2v) is 7.25. The van der Waals surface area contributed by atoms with E-state index in [2.05, 4.69) is 14.9 Å². The summed E-state index contributed by atoms with van der Waals surface area (Å²) in [7, 11) is 0. The quantitative estimate of drug-likeness (QED) is 0.761. The zero-order valence-electron chi connectivity index (χ0n) is 14.9. The molecule has 1 aromatic carbocycles. The lowest BCUT2D eigenvalue weighted by Gasteiger charge is -2.34. The highest BCUT2D eigenvalue weighted by molar-refractivity contribution is 6.35. The Labute approximate surface area is 167 Å². The molecule has 1 aromatic heterocycles. The van der Waals surface area contributed by atoms with E-state index in [0.717, 1.165) is 0 Å². The number of hydrogen-bond acceptors (Lipinski definition) is 4. The lowest BCUT2D eigenvalue weighted by atomic mass is 10.1. The van der Waals surface area contributed by atoms with Gasteiger partial charge in [-0.25, -0.2) is 14.4 Å². The average molecular weight is 413 g/mol. The monoisotopic (exact) mass is 412 g/mol. The molecule has 2 aromatic rings. The molecule has 2 heterocycles. The van der Waals surface area contributed by atoms with Gasteiger partial charge in [0.15, 0.2) is 6.54 Å². The molecule has 2 N–H and O–H groups in total. The van der Waals surface area contributed by atoms with Crippen molar-refractivity contribution in [3.63, 3.8) is 0 Å². The van der Waals surface area contributed by atoms with Crippen LogP contribution in [0, 0.1) is 5.82 Å². The first-order valence-electron chi connectivity index (χ1n) is 8.73. The number of nitrogens with two attached hydrogens (primary N) is 1. The minimum absolute atomic E-state index is 0.00714. The number of quaternary nitrogens is 1. The van der Waals surface area contributed by atoms with Gasteiger partial charge in [-0.15, -0.1) is 0 Å².